The van der Waals surface area contributed by atoms with Gasteiger partial charge in [0.15, 0.2) is 5.69 Å². The van der Waals surface area contributed by atoms with Crippen LogP contribution < -0.4 is 10.2 Å². The van der Waals surface area contributed by atoms with Crippen molar-refractivity contribution in [1.29, 1.82) is 0 Å². The van der Waals surface area contributed by atoms with E-state index in [2.05, 4.69) is 19.9 Å². The lowest BCUT2D eigenvalue weighted by molar-refractivity contribution is -0.122. The van der Waals surface area contributed by atoms with Crippen LogP contribution >= 0.6 is 11.5 Å². The van der Waals surface area contributed by atoms with Crippen molar-refractivity contribution >= 4 is 29.0 Å². The molecule has 32 heavy (non-hydrogen) atoms. The first-order valence-corrected chi connectivity index (χ1v) is 10.9. The van der Waals surface area contributed by atoms with Crippen LogP contribution in [0.4, 0.5) is 5.69 Å². The summed E-state index contributed by atoms with van der Waals surface area (Å²) < 4.78 is 3.81. The summed E-state index contributed by atoms with van der Waals surface area (Å²) in [5, 5.41) is 8.49. The molecular formula is C24H21N5O2S. The van der Waals surface area contributed by atoms with Gasteiger partial charge in [0, 0.05) is 35.6 Å². The van der Waals surface area contributed by atoms with E-state index in [0.29, 0.717) is 24.2 Å². The van der Waals surface area contributed by atoms with E-state index >= 15 is 0 Å². The largest absolute Gasteiger partial charge is 0.354 e. The Balaban J connectivity index is 1.66. The number of carbonyl (C=O) groups excluding carboxylic acids is 2. The number of pyridine rings is 1. The van der Waals surface area contributed by atoms with E-state index < -0.39 is 11.9 Å². The van der Waals surface area contributed by atoms with Crippen LogP contribution in [0.5, 0.6) is 0 Å². The fraction of sp³-hybridized carbons (Fsp3) is 0.125. The SMILES string of the molecule is O=C(NCCc1ccccc1)C(c1cccnc1)N(C(=O)c1csnn1)c1ccccc1. The maximum absolute atomic E-state index is 13.5. The molecule has 160 valence electrons. The fourth-order valence-electron chi connectivity index (χ4n) is 3.38. The molecule has 2 aromatic heterocycles. The van der Waals surface area contributed by atoms with Gasteiger partial charge in [-0.3, -0.25) is 19.5 Å². The van der Waals surface area contributed by atoms with Gasteiger partial charge in [-0.15, -0.1) is 5.10 Å². The van der Waals surface area contributed by atoms with E-state index in [1.165, 1.54) is 4.90 Å². The minimum atomic E-state index is -0.920. The second-order valence-electron chi connectivity index (χ2n) is 7.02. The van der Waals surface area contributed by atoms with E-state index in [0.717, 1.165) is 17.1 Å². The Bertz CT molecular complexity index is 1140. The Morgan fingerprint density at radius 1 is 0.969 bits per heavy atom. The summed E-state index contributed by atoms with van der Waals surface area (Å²) in [6.07, 6.45) is 3.92. The number of aromatic nitrogens is 3. The number of amides is 2. The van der Waals surface area contributed by atoms with Crippen LogP contribution in [0.1, 0.15) is 27.7 Å². The Morgan fingerprint density at radius 3 is 2.38 bits per heavy atom. The van der Waals surface area contributed by atoms with Crippen molar-refractivity contribution < 1.29 is 9.59 Å². The first-order chi connectivity index (χ1) is 15.7. The summed E-state index contributed by atoms with van der Waals surface area (Å²) in [5.74, 6) is -0.702. The molecule has 0 spiro atoms. The van der Waals surface area contributed by atoms with Crippen molar-refractivity contribution in [3.63, 3.8) is 0 Å². The first-order valence-electron chi connectivity index (χ1n) is 10.1. The zero-order valence-electron chi connectivity index (χ0n) is 17.2. The van der Waals surface area contributed by atoms with Gasteiger partial charge < -0.3 is 5.32 Å². The van der Waals surface area contributed by atoms with Crippen LogP contribution in [-0.2, 0) is 11.2 Å². The molecule has 2 amide bonds. The molecule has 0 aliphatic rings. The van der Waals surface area contributed by atoms with Gasteiger partial charge in [-0.05, 0) is 41.7 Å². The molecule has 7 nitrogen and oxygen atoms in total. The molecule has 4 rings (SSSR count). The van der Waals surface area contributed by atoms with Gasteiger partial charge in [-0.25, -0.2) is 0 Å². The lowest BCUT2D eigenvalue weighted by Gasteiger charge is -2.30. The van der Waals surface area contributed by atoms with Gasteiger partial charge in [0.25, 0.3) is 5.91 Å². The average Bonchev–Trinajstić information content (AvgIpc) is 3.39. The number of para-hydroxylation sites is 1. The van der Waals surface area contributed by atoms with E-state index in [9.17, 15) is 9.59 Å². The van der Waals surface area contributed by atoms with Crippen molar-refractivity contribution in [3.05, 3.63) is 107 Å². The normalized spacial score (nSPS) is 11.5. The van der Waals surface area contributed by atoms with Gasteiger partial charge in [-0.2, -0.15) is 0 Å². The lowest BCUT2D eigenvalue weighted by atomic mass is 10.0. The molecule has 2 aromatic carbocycles. The van der Waals surface area contributed by atoms with Crippen LogP contribution in [-0.4, -0.2) is 32.9 Å². The van der Waals surface area contributed by atoms with Gasteiger partial charge in [0.1, 0.15) is 6.04 Å². The van der Waals surface area contributed by atoms with Crippen LogP contribution in [0.3, 0.4) is 0 Å². The number of rotatable bonds is 8. The molecule has 0 aliphatic heterocycles. The lowest BCUT2D eigenvalue weighted by Crippen LogP contribution is -2.44. The zero-order chi connectivity index (χ0) is 22.2. The number of carbonyl (C=O) groups is 2. The van der Waals surface area contributed by atoms with E-state index in [-0.39, 0.29) is 11.6 Å². The highest BCUT2D eigenvalue weighted by Gasteiger charge is 2.34. The van der Waals surface area contributed by atoms with Gasteiger partial charge in [-0.1, -0.05) is 59.1 Å². The molecule has 1 atom stereocenters. The predicted molar refractivity (Wildman–Crippen MR) is 123 cm³/mol. The predicted octanol–water partition coefficient (Wildman–Crippen LogP) is 3.68. The van der Waals surface area contributed by atoms with Crippen LogP contribution in [0.15, 0.2) is 90.6 Å². The molecule has 0 radical (unpaired) electrons. The Morgan fingerprint density at radius 2 is 1.72 bits per heavy atom. The van der Waals surface area contributed by atoms with Gasteiger partial charge >= 0.3 is 0 Å². The van der Waals surface area contributed by atoms with E-state index in [1.54, 1.807) is 42.0 Å². The maximum atomic E-state index is 13.5. The smallest absolute Gasteiger partial charge is 0.280 e. The summed E-state index contributed by atoms with van der Waals surface area (Å²) in [4.78, 5) is 32.5. The number of hydrogen-bond donors (Lipinski definition) is 1. The molecule has 1 unspecified atom stereocenters. The highest BCUT2D eigenvalue weighted by atomic mass is 32.1. The van der Waals surface area contributed by atoms with Crippen molar-refractivity contribution in [1.82, 2.24) is 19.9 Å². The third-order valence-corrected chi connectivity index (χ3v) is 5.40. The molecule has 8 heteroatoms. The second-order valence-corrected chi connectivity index (χ2v) is 7.63. The van der Waals surface area contributed by atoms with Crippen molar-refractivity contribution in [3.8, 4) is 0 Å². The summed E-state index contributed by atoms with van der Waals surface area (Å²) in [6, 6.07) is 21.6. The highest BCUT2D eigenvalue weighted by molar-refractivity contribution is 7.03. The van der Waals surface area contributed by atoms with Crippen LogP contribution in [0.25, 0.3) is 0 Å². The van der Waals surface area contributed by atoms with Crippen molar-refractivity contribution in [2.45, 2.75) is 12.5 Å². The second kappa shape index (κ2) is 10.4. The molecule has 0 saturated heterocycles. The number of hydrogen-bond acceptors (Lipinski definition) is 6. The fourth-order valence-corrected chi connectivity index (χ4v) is 3.81. The third-order valence-electron chi connectivity index (χ3n) is 4.89. The van der Waals surface area contributed by atoms with Crippen LogP contribution in [0, 0.1) is 0 Å². The minimum absolute atomic E-state index is 0.185. The first kappa shape index (κ1) is 21.3. The monoisotopic (exact) mass is 443 g/mol. The molecule has 0 aliphatic carbocycles. The van der Waals surface area contributed by atoms with Crippen molar-refractivity contribution in [2.24, 2.45) is 0 Å². The zero-order valence-corrected chi connectivity index (χ0v) is 18.0. The van der Waals surface area contributed by atoms with Gasteiger partial charge in [0.2, 0.25) is 5.91 Å². The molecular weight excluding hydrogens is 422 g/mol. The average molecular weight is 444 g/mol. The molecule has 0 saturated carbocycles. The number of nitrogens with one attached hydrogen (secondary N) is 1. The summed E-state index contributed by atoms with van der Waals surface area (Å²) in [5.41, 5.74) is 2.49. The van der Waals surface area contributed by atoms with E-state index in [4.69, 9.17) is 0 Å². The molecule has 0 fully saturated rings. The number of anilines is 1. The third kappa shape index (κ3) is 5.04. The topological polar surface area (TPSA) is 88.1 Å². The minimum Gasteiger partial charge on any atom is -0.354 e. The Labute approximate surface area is 189 Å². The molecule has 0 bridgehead atoms. The highest BCUT2D eigenvalue weighted by Crippen LogP contribution is 2.29. The maximum Gasteiger partial charge on any atom is 0.280 e. The van der Waals surface area contributed by atoms with Crippen molar-refractivity contribution in [2.75, 3.05) is 11.4 Å². The summed E-state index contributed by atoms with van der Waals surface area (Å²) in [6.45, 7) is 0.439. The molecule has 1 N–H and O–H groups in total. The number of benzene rings is 2. The van der Waals surface area contributed by atoms with E-state index in [1.807, 2.05) is 48.5 Å². The molecule has 4 aromatic rings. The standard InChI is InChI=1S/C24H21N5O2S/c30-23(26-15-13-18-8-3-1-4-9-18)22(19-10-7-14-25-16-19)29(20-11-5-2-6-12-20)24(31)21-17-32-28-27-21/h1-12,14,16-17,22H,13,15H2,(H,26,30). The molecule has 2 heterocycles. The Hall–Kier alpha value is -3.91. The van der Waals surface area contributed by atoms with Gasteiger partial charge in [0.05, 0.1) is 0 Å². The summed E-state index contributed by atoms with van der Waals surface area (Å²) >= 11 is 1.09. The quantitative estimate of drug-likeness (QED) is 0.449. The Kier molecular flexibility index (Phi) is 6.94. The summed E-state index contributed by atoms with van der Waals surface area (Å²) in [7, 11) is 0. The van der Waals surface area contributed by atoms with Crippen LogP contribution in [0.2, 0.25) is 0 Å². The number of nitrogens with zero attached hydrogens (tertiary/aromatic N) is 4.